The van der Waals surface area contributed by atoms with Crippen LogP contribution in [0, 0.1) is 0 Å². The second kappa shape index (κ2) is 11.0. The van der Waals surface area contributed by atoms with Crippen LogP contribution in [0.1, 0.15) is 34.0 Å². The number of thioether (sulfide) groups is 1. The summed E-state index contributed by atoms with van der Waals surface area (Å²) >= 11 is 1.16. The minimum Gasteiger partial charge on any atom is -0.465 e. The molecule has 188 valence electrons. The standard InChI is InChI=1S/C29H27N3O4S/c1-2-36-26(33)19-37-29-30-25-16-22(27(34)31-15-14-21-10-6-7-11-23(21)18-31)12-13-24(25)28(35)32(29)17-20-8-4-3-5-9-20/h3-13,16H,2,14-15,17-19H2,1H3. The number of hydrogen-bond donors (Lipinski definition) is 0. The Labute approximate surface area is 219 Å². The average Bonchev–Trinajstić information content (AvgIpc) is 2.93. The van der Waals surface area contributed by atoms with Crippen molar-refractivity contribution in [1.29, 1.82) is 0 Å². The van der Waals surface area contributed by atoms with E-state index in [1.807, 2.05) is 47.4 Å². The quantitative estimate of drug-likeness (QED) is 0.208. The highest BCUT2D eigenvalue weighted by Gasteiger charge is 2.23. The van der Waals surface area contributed by atoms with Gasteiger partial charge >= 0.3 is 5.97 Å². The van der Waals surface area contributed by atoms with Crippen LogP contribution < -0.4 is 5.56 Å². The van der Waals surface area contributed by atoms with E-state index < -0.39 is 0 Å². The van der Waals surface area contributed by atoms with Gasteiger partial charge in [-0.25, -0.2) is 4.98 Å². The first-order chi connectivity index (χ1) is 18.0. The van der Waals surface area contributed by atoms with Gasteiger partial charge in [-0.1, -0.05) is 66.4 Å². The number of hydrogen-bond acceptors (Lipinski definition) is 6. The van der Waals surface area contributed by atoms with Crippen LogP contribution in [0.15, 0.2) is 82.7 Å². The maximum absolute atomic E-state index is 13.5. The predicted molar refractivity (Wildman–Crippen MR) is 144 cm³/mol. The monoisotopic (exact) mass is 513 g/mol. The van der Waals surface area contributed by atoms with Gasteiger partial charge in [0.1, 0.15) is 0 Å². The van der Waals surface area contributed by atoms with Crippen molar-refractivity contribution in [3.63, 3.8) is 0 Å². The molecule has 0 spiro atoms. The number of carbonyl (C=O) groups is 2. The van der Waals surface area contributed by atoms with Crippen LogP contribution in [0.5, 0.6) is 0 Å². The number of fused-ring (bicyclic) bond motifs is 2. The Morgan fingerprint density at radius 2 is 1.76 bits per heavy atom. The second-order valence-electron chi connectivity index (χ2n) is 8.84. The lowest BCUT2D eigenvalue weighted by Gasteiger charge is -2.29. The molecule has 0 saturated heterocycles. The number of rotatable bonds is 7. The van der Waals surface area contributed by atoms with Crippen molar-refractivity contribution in [2.45, 2.75) is 31.6 Å². The van der Waals surface area contributed by atoms with Crippen LogP contribution in [0.4, 0.5) is 0 Å². The topological polar surface area (TPSA) is 81.5 Å². The summed E-state index contributed by atoms with van der Waals surface area (Å²) in [6.07, 6.45) is 0.812. The van der Waals surface area contributed by atoms with Crippen molar-refractivity contribution in [2.75, 3.05) is 18.9 Å². The summed E-state index contributed by atoms with van der Waals surface area (Å²) in [6, 6.07) is 22.9. The lowest BCUT2D eigenvalue weighted by Crippen LogP contribution is -2.36. The zero-order valence-corrected chi connectivity index (χ0v) is 21.4. The molecular formula is C29H27N3O4S. The Morgan fingerprint density at radius 1 is 1.00 bits per heavy atom. The molecule has 37 heavy (non-hydrogen) atoms. The van der Waals surface area contributed by atoms with Gasteiger partial charge in [-0.15, -0.1) is 0 Å². The van der Waals surface area contributed by atoms with Crippen molar-refractivity contribution < 1.29 is 14.3 Å². The van der Waals surface area contributed by atoms with Gasteiger partial charge in [-0.2, -0.15) is 0 Å². The van der Waals surface area contributed by atoms with Crippen LogP contribution in [0.25, 0.3) is 10.9 Å². The third kappa shape index (κ3) is 5.44. The number of esters is 1. The average molecular weight is 514 g/mol. The summed E-state index contributed by atoms with van der Waals surface area (Å²) in [5.41, 5.74) is 4.08. The van der Waals surface area contributed by atoms with E-state index in [9.17, 15) is 14.4 Å². The van der Waals surface area contributed by atoms with Gasteiger partial charge in [0.05, 0.1) is 29.8 Å². The molecule has 0 saturated carbocycles. The Morgan fingerprint density at radius 3 is 2.54 bits per heavy atom. The first-order valence-electron chi connectivity index (χ1n) is 12.3. The molecule has 5 rings (SSSR count). The van der Waals surface area contributed by atoms with Gasteiger partial charge < -0.3 is 9.64 Å². The van der Waals surface area contributed by atoms with Crippen molar-refractivity contribution in [1.82, 2.24) is 14.5 Å². The van der Waals surface area contributed by atoms with Gasteiger partial charge in [-0.3, -0.25) is 19.0 Å². The van der Waals surface area contributed by atoms with E-state index in [-0.39, 0.29) is 29.8 Å². The summed E-state index contributed by atoms with van der Waals surface area (Å²) in [5, 5.41) is 0.836. The van der Waals surface area contributed by atoms with Crippen LogP contribution in [0.2, 0.25) is 0 Å². The zero-order chi connectivity index (χ0) is 25.8. The maximum Gasteiger partial charge on any atom is 0.316 e. The Kier molecular flexibility index (Phi) is 7.37. The molecule has 0 atom stereocenters. The lowest BCUT2D eigenvalue weighted by atomic mass is 9.99. The van der Waals surface area contributed by atoms with E-state index in [0.717, 1.165) is 29.3 Å². The van der Waals surface area contributed by atoms with Crippen molar-refractivity contribution in [2.24, 2.45) is 0 Å². The highest BCUT2D eigenvalue weighted by molar-refractivity contribution is 7.99. The number of ether oxygens (including phenoxy) is 1. The first kappa shape index (κ1) is 24.8. The maximum atomic E-state index is 13.5. The number of nitrogens with zero attached hydrogens (tertiary/aromatic N) is 3. The fourth-order valence-corrected chi connectivity index (χ4v) is 5.32. The van der Waals surface area contributed by atoms with E-state index >= 15 is 0 Å². The molecule has 3 aromatic carbocycles. The molecule has 7 nitrogen and oxygen atoms in total. The summed E-state index contributed by atoms with van der Waals surface area (Å²) in [7, 11) is 0. The van der Waals surface area contributed by atoms with Crippen LogP contribution in [-0.4, -0.2) is 45.2 Å². The fourth-order valence-electron chi connectivity index (χ4n) is 4.53. The Bertz CT molecular complexity index is 1520. The molecule has 2 heterocycles. The van der Waals surface area contributed by atoms with E-state index in [2.05, 4.69) is 12.1 Å². The highest BCUT2D eigenvalue weighted by Crippen LogP contribution is 2.23. The van der Waals surface area contributed by atoms with Gasteiger partial charge in [0.15, 0.2) is 5.16 Å². The summed E-state index contributed by atoms with van der Waals surface area (Å²) in [4.78, 5) is 45.5. The Hall–Kier alpha value is -3.91. The molecule has 1 aliphatic rings. The molecule has 0 N–H and O–H groups in total. The second-order valence-corrected chi connectivity index (χ2v) is 9.78. The van der Waals surface area contributed by atoms with Crippen molar-refractivity contribution in [3.8, 4) is 0 Å². The lowest BCUT2D eigenvalue weighted by molar-refractivity contribution is -0.139. The van der Waals surface area contributed by atoms with Crippen molar-refractivity contribution in [3.05, 3.63) is 105 Å². The van der Waals surface area contributed by atoms with Crippen LogP contribution in [0.3, 0.4) is 0 Å². The SMILES string of the molecule is CCOC(=O)CSc1nc2cc(C(=O)N3CCc4ccccc4C3)ccc2c(=O)n1Cc1ccccc1. The minimum absolute atomic E-state index is 0.0341. The number of carbonyl (C=O) groups excluding carboxylic acids is 2. The van der Waals surface area contributed by atoms with E-state index in [1.54, 1.807) is 29.7 Å². The molecule has 0 unspecified atom stereocenters. The summed E-state index contributed by atoms with van der Waals surface area (Å²) in [6.45, 7) is 3.55. The molecule has 0 fully saturated rings. The molecule has 1 aromatic heterocycles. The third-order valence-electron chi connectivity index (χ3n) is 6.39. The number of aromatic nitrogens is 2. The smallest absolute Gasteiger partial charge is 0.316 e. The van der Waals surface area contributed by atoms with Crippen LogP contribution >= 0.6 is 11.8 Å². The minimum atomic E-state index is -0.373. The van der Waals surface area contributed by atoms with Gasteiger partial charge in [0, 0.05) is 18.7 Å². The summed E-state index contributed by atoms with van der Waals surface area (Å²) in [5.74, 6) is -0.429. The molecule has 0 radical (unpaired) electrons. The molecule has 1 aliphatic heterocycles. The van der Waals surface area contributed by atoms with E-state index in [0.29, 0.717) is 41.3 Å². The molecule has 1 amide bonds. The first-order valence-corrected chi connectivity index (χ1v) is 13.2. The third-order valence-corrected chi connectivity index (χ3v) is 7.34. The molecule has 0 aliphatic carbocycles. The molecule has 0 bridgehead atoms. The predicted octanol–water partition coefficient (Wildman–Crippen LogP) is 4.30. The molecule has 4 aromatic rings. The fraction of sp³-hybridized carbons (Fsp3) is 0.241. The largest absolute Gasteiger partial charge is 0.465 e. The number of amides is 1. The molecular weight excluding hydrogens is 486 g/mol. The van der Waals surface area contributed by atoms with Gasteiger partial charge in [0.25, 0.3) is 11.5 Å². The number of benzene rings is 3. The van der Waals surface area contributed by atoms with Gasteiger partial charge in [-0.05, 0) is 48.2 Å². The van der Waals surface area contributed by atoms with Gasteiger partial charge in [0.2, 0.25) is 0 Å². The van der Waals surface area contributed by atoms with E-state index in [1.165, 1.54) is 5.56 Å². The zero-order valence-electron chi connectivity index (χ0n) is 20.6. The highest BCUT2D eigenvalue weighted by atomic mass is 32.2. The van der Waals surface area contributed by atoms with Crippen LogP contribution in [-0.2, 0) is 29.0 Å². The van der Waals surface area contributed by atoms with Crippen molar-refractivity contribution >= 4 is 34.5 Å². The Balaban J connectivity index is 1.49. The molecule has 8 heteroatoms. The normalized spacial score (nSPS) is 12.8. The van der Waals surface area contributed by atoms with E-state index in [4.69, 9.17) is 9.72 Å². The summed E-state index contributed by atoms with van der Waals surface area (Å²) < 4.78 is 6.63.